The number of fused-ring (bicyclic) bond motifs is 1. The van der Waals surface area contributed by atoms with Gasteiger partial charge < -0.3 is 15.5 Å². The Morgan fingerprint density at radius 1 is 1.17 bits per heavy atom. The fraction of sp³-hybridized carbons (Fsp3) is 0.211. The Labute approximate surface area is 184 Å². The van der Waals surface area contributed by atoms with Crippen molar-refractivity contribution in [3.63, 3.8) is 0 Å². The molecule has 1 fully saturated rings. The van der Waals surface area contributed by atoms with Gasteiger partial charge in [0.1, 0.15) is 22.8 Å². The summed E-state index contributed by atoms with van der Waals surface area (Å²) in [5.41, 5.74) is 1.51. The van der Waals surface area contributed by atoms with Crippen LogP contribution in [0.2, 0.25) is 0 Å². The Morgan fingerprint density at radius 2 is 2.03 bits per heavy atom. The fourth-order valence-corrected chi connectivity index (χ4v) is 4.54. The monoisotopic (exact) mass is 484 g/mol. The number of anilines is 4. The zero-order chi connectivity index (χ0) is 20.5. The van der Waals surface area contributed by atoms with Crippen LogP contribution in [-0.4, -0.2) is 44.1 Å². The highest BCUT2D eigenvalue weighted by Crippen LogP contribution is 2.32. The molecule has 0 aliphatic carbocycles. The standard InChI is InChI=1S/C19H17BrN8OS/c20-12-3-4-13-11(8-24-27-13)17(12)26-18(29)14-9-21-19(30-14)25-15-7-16(23-10-22-15)28-5-1-2-6-28/h3-4,7-10H,1-2,5-6H2,(H,24,27)(H,26,29)(H,21,22,23,25). The van der Waals surface area contributed by atoms with Crippen molar-refractivity contribution in [2.75, 3.05) is 28.6 Å². The molecule has 0 saturated carbocycles. The average molecular weight is 485 g/mol. The molecule has 152 valence electrons. The average Bonchev–Trinajstić information content (AvgIpc) is 3.52. The molecule has 4 aromatic rings. The molecule has 4 heterocycles. The summed E-state index contributed by atoms with van der Waals surface area (Å²) >= 11 is 4.75. The molecular formula is C19H17BrN8OS. The second-order valence-corrected chi connectivity index (χ2v) is 8.70. The van der Waals surface area contributed by atoms with Crippen molar-refractivity contribution in [2.45, 2.75) is 12.8 Å². The second kappa shape index (κ2) is 8.00. The van der Waals surface area contributed by atoms with Crippen LogP contribution in [0.4, 0.5) is 22.5 Å². The van der Waals surface area contributed by atoms with E-state index in [0.29, 0.717) is 21.5 Å². The first-order valence-electron chi connectivity index (χ1n) is 9.40. The van der Waals surface area contributed by atoms with Gasteiger partial charge in [-0.15, -0.1) is 0 Å². The molecule has 1 aliphatic rings. The third-order valence-corrected chi connectivity index (χ3v) is 6.43. The maximum atomic E-state index is 12.8. The second-order valence-electron chi connectivity index (χ2n) is 6.82. The minimum atomic E-state index is -0.240. The number of nitrogens with one attached hydrogen (secondary N) is 3. The van der Waals surface area contributed by atoms with Crippen LogP contribution in [-0.2, 0) is 0 Å². The van der Waals surface area contributed by atoms with E-state index in [2.05, 4.69) is 56.6 Å². The van der Waals surface area contributed by atoms with Gasteiger partial charge in [0.2, 0.25) is 0 Å². The predicted octanol–water partition coefficient (Wildman–Crippen LogP) is 4.17. The molecule has 1 amide bonds. The van der Waals surface area contributed by atoms with Crippen LogP contribution in [0.15, 0.2) is 41.4 Å². The third-order valence-electron chi connectivity index (χ3n) is 4.86. The van der Waals surface area contributed by atoms with Gasteiger partial charge in [0, 0.05) is 29.0 Å². The Bertz CT molecular complexity index is 1220. The molecule has 1 saturated heterocycles. The Balaban J connectivity index is 1.32. The van der Waals surface area contributed by atoms with E-state index >= 15 is 0 Å². The molecule has 1 aliphatic heterocycles. The molecule has 5 rings (SSSR count). The Morgan fingerprint density at radius 3 is 2.90 bits per heavy atom. The van der Waals surface area contributed by atoms with Crippen molar-refractivity contribution in [1.82, 2.24) is 25.1 Å². The van der Waals surface area contributed by atoms with E-state index < -0.39 is 0 Å². The van der Waals surface area contributed by atoms with E-state index in [1.54, 1.807) is 18.7 Å². The molecule has 3 aromatic heterocycles. The minimum absolute atomic E-state index is 0.240. The van der Waals surface area contributed by atoms with Crippen LogP contribution >= 0.6 is 27.3 Å². The lowest BCUT2D eigenvalue weighted by atomic mass is 10.2. The number of H-pyrrole nitrogens is 1. The topological polar surface area (TPSA) is 112 Å². The van der Waals surface area contributed by atoms with E-state index in [1.165, 1.54) is 24.2 Å². The summed E-state index contributed by atoms with van der Waals surface area (Å²) in [6, 6.07) is 5.67. The van der Waals surface area contributed by atoms with Gasteiger partial charge in [-0.3, -0.25) is 9.89 Å². The van der Waals surface area contributed by atoms with Crippen LogP contribution in [0.5, 0.6) is 0 Å². The maximum absolute atomic E-state index is 12.8. The quantitative estimate of drug-likeness (QED) is 0.389. The number of aromatic nitrogens is 5. The fourth-order valence-electron chi connectivity index (χ4n) is 3.37. The van der Waals surface area contributed by atoms with E-state index in [-0.39, 0.29) is 5.91 Å². The number of thiazole rings is 1. The van der Waals surface area contributed by atoms with Crippen LogP contribution in [0.25, 0.3) is 10.9 Å². The summed E-state index contributed by atoms with van der Waals surface area (Å²) in [5, 5.41) is 14.5. The molecule has 0 spiro atoms. The molecule has 0 radical (unpaired) electrons. The van der Waals surface area contributed by atoms with E-state index in [9.17, 15) is 4.79 Å². The largest absolute Gasteiger partial charge is 0.356 e. The smallest absolute Gasteiger partial charge is 0.267 e. The number of rotatable bonds is 5. The first kappa shape index (κ1) is 18.9. The first-order chi connectivity index (χ1) is 14.7. The Kier molecular flexibility index (Phi) is 5.05. The van der Waals surface area contributed by atoms with Crippen LogP contribution < -0.4 is 15.5 Å². The summed E-state index contributed by atoms with van der Waals surface area (Å²) in [6.07, 6.45) is 7.14. The van der Waals surface area contributed by atoms with Crippen molar-refractivity contribution in [3.05, 3.63) is 46.3 Å². The predicted molar refractivity (Wildman–Crippen MR) is 121 cm³/mol. The van der Waals surface area contributed by atoms with Gasteiger partial charge in [-0.1, -0.05) is 11.3 Å². The number of hydrogen-bond donors (Lipinski definition) is 3. The molecular weight excluding hydrogens is 468 g/mol. The van der Waals surface area contributed by atoms with E-state index in [0.717, 1.165) is 34.3 Å². The summed E-state index contributed by atoms with van der Waals surface area (Å²) < 4.78 is 0.781. The van der Waals surface area contributed by atoms with Gasteiger partial charge in [-0.25, -0.2) is 15.0 Å². The lowest BCUT2D eigenvalue weighted by molar-refractivity contribution is 0.103. The highest BCUT2D eigenvalue weighted by atomic mass is 79.9. The number of benzene rings is 1. The molecule has 9 nitrogen and oxygen atoms in total. The van der Waals surface area contributed by atoms with Gasteiger partial charge in [0.25, 0.3) is 5.91 Å². The first-order valence-corrected chi connectivity index (χ1v) is 11.0. The van der Waals surface area contributed by atoms with Crippen molar-refractivity contribution in [2.24, 2.45) is 0 Å². The van der Waals surface area contributed by atoms with Gasteiger partial charge in [-0.05, 0) is 40.9 Å². The normalized spacial score (nSPS) is 13.7. The number of nitrogens with zero attached hydrogens (tertiary/aromatic N) is 5. The number of halogens is 1. The Hall–Kier alpha value is -3.05. The number of hydrogen-bond acceptors (Lipinski definition) is 8. The van der Waals surface area contributed by atoms with Crippen molar-refractivity contribution in [3.8, 4) is 0 Å². The number of carbonyl (C=O) groups excluding carboxylic acids is 1. The summed E-state index contributed by atoms with van der Waals surface area (Å²) in [7, 11) is 0. The van der Waals surface area contributed by atoms with Crippen LogP contribution in [0.3, 0.4) is 0 Å². The van der Waals surface area contributed by atoms with Gasteiger partial charge in [0.05, 0.1) is 23.6 Å². The summed E-state index contributed by atoms with van der Waals surface area (Å²) in [5.74, 6) is 1.31. The zero-order valence-corrected chi connectivity index (χ0v) is 18.1. The highest BCUT2D eigenvalue weighted by molar-refractivity contribution is 9.10. The van der Waals surface area contributed by atoms with Crippen molar-refractivity contribution < 1.29 is 4.79 Å². The molecule has 0 atom stereocenters. The maximum Gasteiger partial charge on any atom is 0.267 e. The minimum Gasteiger partial charge on any atom is -0.356 e. The summed E-state index contributed by atoms with van der Waals surface area (Å²) in [6.45, 7) is 2.02. The SMILES string of the molecule is O=C(Nc1c(Br)ccc2[nH]ncc12)c1cnc(Nc2cc(N3CCCC3)ncn2)s1. The summed E-state index contributed by atoms with van der Waals surface area (Å²) in [4.78, 5) is 28.4. The lowest BCUT2D eigenvalue weighted by Gasteiger charge is -2.16. The molecule has 11 heteroatoms. The number of carbonyl (C=O) groups is 1. The molecule has 0 unspecified atom stereocenters. The lowest BCUT2D eigenvalue weighted by Crippen LogP contribution is -2.19. The molecule has 30 heavy (non-hydrogen) atoms. The number of aromatic amines is 1. The van der Waals surface area contributed by atoms with E-state index in [4.69, 9.17) is 0 Å². The number of amides is 1. The molecule has 0 bridgehead atoms. The van der Waals surface area contributed by atoms with Gasteiger partial charge in [0.15, 0.2) is 5.13 Å². The molecule has 3 N–H and O–H groups in total. The van der Waals surface area contributed by atoms with Gasteiger partial charge >= 0.3 is 0 Å². The van der Waals surface area contributed by atoms with Gasteiger partial charge in [-0.2, -0.15) is 5.10 Å². The highest BCUT2D eigenvalue weighted by Gasteiger charge is 2.17. The third kappa shape index (κ3) is 3.73. The zero-order valence-electron chi connectivity index (χ0n) is 15.7. The van der Waals surface area contributed by atoms with Crippen molar-refractivity contribution in [1.29, 1.82) is 0 Å². The van der Waals surface area contributed by atoms with Crippen LogP contribution in [0.1, 0.15) is 22.5 Å². The van der Waals surface area contributed by atoms with Crippen molar-refractivity contribution >= 4 is 66.5 Å². The molecule has 1 aromatic carbocycles. The van der Waals surface area contributed by atoms with E-state index in [1.807, 2.05) is 18.2 Å². The van der Waals surface area contributed by atoms with Crippen LogP contribution in [0, 0.1) is 0 Å².